The van der Waals surface area contributed by atoms with Crippen LogP contribution >= 0.6 is 0 Å². The van der Waals surface area contributed by atoms with Crippen LogP contribution in [0.2, 0.25) is 0 Å². The van der Waals surface area contributed by atoms with Crippen molar-refractivity contribution in [1.82, 2.24) is 0 Å². The highest BCUT2D eigenvalue weighted by atomic mass is 16.5. The molecule has 0 bridgehead atoms. The molecule has 176 valence electrons. The van der Waals surface area contributed by atoms with Crippen LogP contribution in [0.4, 0.5) is 0 Å². The lowest BCUT2D eigenvalue weighted by atomic mass is 10.0. The number of hydrogen-bond acceptors (Lipinski definition) is 5. The number of carbonyl (C=O) groups excluding carboxylic acids is 1. The molecule has 0 radical (unpaired) electrons. The van der Waals surface area contributed by atoms with Gasteiger partial charge in [0, 0.05) is 6.07 Å². The molecule has 0 spiro atoms. The number of nitriles is 1. The van der Waals surface area contributed by atoms with Gasteiger partial charge in [0.2, 0.25) is 0 Å². The molecule has 34 heavy (non-hydrogen) atoms. The van der Waals surface area contributed by atoms with E-state index in [0.29, 0.717) is 24.2 Å². The summed E-state index contributed by atoms with van der Waals surface area (Å²) in [6.45, 7) is 1.33. The van der Waals surface area contributed by atoms with Crippen molar-refractivity contribution >= 4 is 6.29 Å². The van der Waals surface area contributed by atoms with Gasteiger partial charge < -0.3 is 14.6 Å². The molecule has 0 amide bonds. The zero-order valence-corrected chi connectivity index (χ0v) is 19.4. The molecular weight excluding hydrogens is 426 g/mol. The van der Waals surface area contributed by atoms with Crippen LogP contribution in [-0.2, 0) is 0 Å². The molecule has 0 atom stereocenters. The number of aromatic hydroxyl groups is 1. The molecule has 0 unspecified atom stereocenters. The van der Waals surface area contributed by atoms with E-state index in [1.165, 1.54) is 25.3 Å². The zero-order chi connectivity index (χ0) is 24.0. The Balaban J connectivity index is 1.20. The van der Waals surface area contributed by atoms with Gasteiger partial charge in [0.05, 0.1) is 30.4 Å². The van der Waals surface area contributed by atoms with E-state index in [9.17, 15) is 9.90 Å². The highest BCUT2D eigenvalue weighted by Crippen LogP contribution is 2.24. The number of phenols is 1. The quantitative estimate of drug-likeness (QED) is 0.210. The van der Waals surface area contributed by atoms with Crippen molar-refractivity contribution in [1.29, 1.82) is 5.26 Å². The van der Waals surface area contributed by atoms with E-state index in [0.717, 1.165) is 49.2 Å². The van der Waals surface area contributed by atoms with Crippen LogP contribution in [0.3, 0.4) is 0 Å². The van der Waals surface area contributed by atoms with Gasteiger partial charge in [0.1, 0.15) is 17.2 Å². The van der Waals surface area contributed by atoms with Crippen molar-refractivity contribution in [2.45, 2.75) is 44.9 Å². The lowest BCUT2D eigenvalue weighted by Crippen LogP contribution is -1.98. The van der Waals surface area contributed by atoms with Crippen molar-refractivity contribution in [2.75, 3.05) is 13.2 Å². The van der Waals surface area contributed by atoms with E-state index in [-0.39, 0.29) is 11.3 Å². The minimum atomic E-state index is -0.0448. The highest BCUT2D eigenvalue weighted by molar-refractivity contribution is 5.79. The predicted molar refractivity (Wildman–Crippen MR) is 133 cm³/mol. The predicted octanol–water partition coefficient (Wildman–Crippen LogP) is 6.93. The Morgan fingerprint density at radius 2 is 1.21 bits per heavy atom. The molecule has 3 aromatic carbocycles. The van der Waals surface area contributed by atoms with Gasteiger partial charge in [-0.05, 0) is 60.4 Å². The second-order valence-electron chi connectivity index (χ2n) is 8.22. The monoisotopic (exact) mass is 457 g/mol. The van der Waals surface area contributed by atoms with Crippen molar-refractivity contribution in [3.05, 3.63) is 77.9 Å². The average molecular weight is 458 g/mol. The largest absolute Gasteiger partial charge is 0.507 e. The van der Waals surface area contributed by atoms with Crippen LogP contribution in [0.15, 0.2) is 66.7 Å². The molecule has 0 aliphatic carbocycles. The van der Waals surface area contributed by atoms with E-state index in [1.54, 1.807) is 12.1 Å². The first-order valence-electron chi connectivity index (χ1n) is 11.8. The summed E-state index contributed by atoms with van der Waals surface area (Å²) in [5, 5.41) is 18.6. The molecular formula is C29H31NO4. The van der Waals surface area contributed by atoms with Gasteiger partial charge in [-0.25, -0.2) is 0 Å². The Morgan fingerprint density at radius 3 is 1.74 bits per heavy atom. The van der Waals surface area contributed by atoms with Crippen molar-refractivity contribution in [2.24, 2.45) is 0 Å². The molecule has 1 N–H and O–H groups in total. The molecule has 5 heteroatoms. The lowest BCUT2D eigenvalue weighted by molar-refractivity contribution is 0.112. The fraction of sp³-hybridized carbons (Fsp3) is 0.310. The maximum absolute atomic E-state index is 10.7. The first kappa shape index (κ1) is 24.9. The van der Waals surface area contributed by atoms with Crippen LogP contribution in [0.25, 0.3) is 11.1 Å². The summed E-state index contributed by atoms with van der Waals surface area (Å²) < 4.78 is 11.5. The Hall–Kier alpha value is -3.78. The highest BCUT2D eigenvalue weighted by Gasteiger charge is 2.03. The maximum atomic E-state index is 10.7. The summed E-state index contributed by atoms with van der Waals surface area (Å²) in [7, 11) is 0. The fourth-order valence-corrected chi connectivity index (χ4v) is 3.66. The van der Waals surface area contributed by atoms with Gasteiger partial charge in [0.15, 0.2) is 6.29 Å². The van der Waals surface area contributed by atoms with E-state index in [2.05, 4.69) is 6.07 Å². The van der Waals surface area contributed by atoms with E-state index in [4.69, 9.17) is 14.7 Å². The smallest absolute Gasteiger partial charge is 0.153 e. The minimum absolute atomic E-state index is 0.0448. The van der Waals surface area contributed by atoms with E-state index in [1.807, 2.05) is 48.5 Å². The first-order valence-corrected chi connectivity index (χ1v) is 11.8. The SMILES string of the molecule is N#Cc1ccc(-c2ccc(OCCCCCCCCCOc3ccc(C=O)c(O)c3)cc2)cc1. The van der Waals surface area contributed by atoms with Crippen LogP contribution in [0.5, 0.6) is 17.2 Å². The van der Waals surface area contributed by atoms with E-state index < -0.39 is 0 Å². The summed E-state index contributed by atoms with van der Waals surface area (Å²) in [5.41, 5.74) is 3.13. The zero-order valence-electron chi connectivity index (χ0n) is 19.4. The number of benzene rings is 3. The molecule has 5 nitrogen and oxygen atoms in total. The van der Waals surface area contributed by atoms with Crippen molar-refractivity contribution in [3.8, 4) is 34.4 Å². The van der Waals surface area contributed by atoms with E-state index >= 15 is 0 Å². The topological polar surface area (TPSA) is 79.5 Å². The third kappa shape index (κ3) is 7.97. The molecule has 0 saturated heterocycles. The Labute approximate surface area is 201 Å². The van der Waals surface area contributed by atoms with Gasteiger partial charge >= 0.3 is 0 Å². The molecule has 0 fully saturated rings. The number of aldehydes is 1. The Kier molecular flexibility index (Phi) is 10.0. The molecule has 0 heterocycles. The average Bonchev–Trinajstić information content (AvgIpc) is 2.88. The van der Waals surface area contributed by atoms with Gasteiger partial charge in [-0.15, -0.1) is 0 Å². The molecule has 3 rings (SSSR count). The van der Waals surface area contributed by atoms with Crippen LogP contribution in [0, 0.1) is 11.3 Å². The number of unbranched alkanes of at least 4 members (excludes halogenated alkanes) is 6. The van der Waals surface area contributed by atoms with Gasteiger partial charge in [0.25, 0.3) is 0 Å². The summed E-state index contributed by atoms with van der Waals surface area (Å²) in [5.74, 6) is 1.43. The third-order valence-corrected chi connectivity index (χ3v) is 5.66. The standard InChI is InChI=1S/C29H31NO4/c30-21-23-8-10-24(11-9-23)25-12-15-27(16-13-25)33-18-6-4-2-1-3-5-7-19-34-28-17-14-26(22-31)29(32)20-28/h8-17,20,22,32H,1-7,18-19H2. The van der Waals surface area contributed by atoms with Gasteiger partial charge in [-0.3, -0.25) is 4.79 Å². The summed E-state index contributed by atoms with van der Waals surface area (Å²) in [4.78, 5) is 10.7. The first-order chi connectivity index (χ1) is 16.7. The number of phenolic OH excluding ortho intramolecular Hbond substituents is 1. The summed E-state index contributed by atoms with van der Waals surface area (Å²) in [6.07, 6.45) is 8.48. The second kappa shape index (κ2) is 13.7. The Morgan fingerprint density at radius 1 is 0.706 bits per heavy atom. The number of hydrogen-bond donors (Lipinski definition) is 1. The third-order valence-electron chi connectivity index (χ3n) is 5.66. The Bertz CT molecular complexity index is 1070. The molecule has 0 aliphatic rings. The minimum Gasteiger partial charge on any atom is -0.507 e. The summed E-state index contributed by atoms with van der Waals surface area (Å²) >= 11 is 0. The van der Waals surface area contributed by atoms with Gasteiger partial charge in [-0.2, -0.15) is 5.26 Å². The number of ether oxygens (including phenoxy) is 2. The lowest BCUT2D eigenvalue weighted by Gasteiger charge is -2.08. The maximum Gasteiger partial charge on any atom is 0.153 e. The number of rotatable bonds is 14. The second-order valence-corrected chi connectivity index (χ2v) is 8.22. The molecule has 0 saturated carbocycles. The molecule has 3 aromatic rings. The fourth-order valence-electron chi connectivity index (χ4n) is 3.66. The van der Waals surface area contributed by atoms with Crippen molar-refractivity contribution < 1.29 is 19.4 Å². The number of carbonyl (C=O) groups is 1. The normalized spacial score (nSPS) is 10.4. The molecule has 0 aromatic heterocycles. The summed E-state index contributed by atoms with van der Waals surface area (Å²) in [6, 6.07) is 22.5. The molecule has 0 aliphatic heterocycles. The van der Waals surface area contributed by atoms with Gasteiger partial charge in [-0.1, -0.05) is 56.4 Å². The van der Waals surface area contributed by atoms with Crippen LogP contribution in [0.1, 0.15) is 60.9 Å². The van der Waals surface area contributed by atoms with Crippen LogP contribution in [-0.4, -0.2) is 24.6 Å². The van der Waals surface area contributed by atoms with Crippen molar-refractivity contribution in [3.63, 3.8) is 0 Å². The number of nitrogens with zero attached hydrogens (tertiary/aromatic N) is 1. The van der Waals surface area contributed by atoms with Crippen LogP contribution < -0.4 is 9.47 Å².